The van der Waals surface area contributed by atoms with E-state index >= 15 is 0 Å². The van der Waals surface area contributed by atoms with Crippen LogP contribution in [0.3, 0.4) is 0 Å². The Morgan fingerprint density at radius 2 is 2.05 bits per heavy atom. The van der Waals surface area contributed by atoms with Crippen molar-refractivity contribution < 1.29 is 4.74 Å². The first-order valence-electron chi connectivity index (χ1n) is 5.70. The highest BCUT2D eigenvalue weighted by Crippen LogP contribution is 2.29. The summed E-state index contributed by atoms with van der Waals surface area (Å²) in [5, 5.41) is 12.2. The van der Waals surface area contributed by atoms with Gasteiger partial charge in [-0.1, -0.05) is 23.7 Å². The summed E-state index contributed by atoms with van der Waals surface area (Å²) in [5.41, 5.74) is 1.50. The monoisotopic (exact) mass is 273 g/mol. The third kappa shape index (κ3) is 3.22. The summed E-state index contributed by atoms with van der Waals surface area (Å²) >= 11 is 6.02. The largest absolute Gasteiger partial charge is 0.437 e. The fourth-order valence-electron chi connectivity index (χ4n) is 1.57. The number of benzene rings is 1. The van der Waals surface area contributed by atoms with Crippen LogP contribution in [-0.2, 0) is 6.54 Å². The van der Waals surface area contributed by atoms with E-state index in [0.717, 1.165) is 12.1 Å². The van der Waals surface area contributed by atoms with E-state index in [-0.39, 0.29) is 10.9 Å². The van der Waals surface area contributed by atoms with E-state index < -0.39 is 0 Å². The van der Waals surface area contributed by atoms with E-state index in [1.54, 1.807) is 6.07 Å². The minimum Gasteiger partial charge on any atom is -0.437 e. The van der Waals surface area contributed by atoms with Crippen molar-refractivity contribution >= 4 is 11.6 Å². The third-order valence-corrected chi connectivity index (χ3v) is 2.86. The molecule has 0 bridgehead atoms. The molecule has 0 saturated heterocycles. The molecular weight excluding hydrogens is 262 g/mol. The number of halogens is 1. The van der Waals surface area contributed by atoms with Gasteiger partial charge in [0.05, 0.1) is 5.56 Å². The van der Waals surface area contributed by atoms with E-state index in [9.17, 15) is 0 Å². The summed E-state index contributed by atoms with van der Waals surface area (Å²) in [6.45, 7) is 0.795. The van der Waals surface area contributed by atoms with Crippen LogP contribution in [0.15, 0.2) is 36.5 Å². The minimum absolute atomic E-state index is 0.226. The molecule has 0 saturated carbocycles. The van der Waals surface area contributed by atoms with Gasteiger partial charge in [0.25, 0.3) is 0 Å². The zero-order valence-corrected chi connectivity index (χ0v) is 11.1. The van der Waals surface area contributed by atoms with Gasteiger partial charge in [-0.05, 0) is 30.8 Å². The fraction of sp³-hybridized carbons (Fsp3) is 0.143. The number of nitrogens with zero attached hydrogens (tertiary/aromatic N) is 2. The lowest BCUT2D eigenvalue weighted by Crippen LogP contribution is -2.04. The molecule has 0 amide bonds. The lowest BCUT2D eigenvalue weighted by Gasteiger charge is -2.07. The van der Waals surface area contributed by atoms with E-state index in [2.05, 4.69) is 10.3 Å². The molecule has 0 aliphatic carbocycles. The highest BCUT2D eigenvalue weighted by atomic mass is 35.5. The summed E-state index contributed by atoms with van der Waals surface area (Å²) in [5.74, 6) is 0.867. The highest BCUT2D eigenvalue weighted by Gasteiger charge is 2.09. The number of nitriles is 1. The molecule has 1 aromatic carbocycles. The van der Waals surface area contributed by atoms with Crippen molar-refractivity contribution in [2.24, 2.45) is 0 Å². The first-order valence-corrected chi connectivity index (χ1v) is 6.08. The van der Waals surface area contributed by atoms with Gasteiger partial charge < -0.3 is 10.1 Å². The molecule has 0 fully saturated rings. The van der Waals surface area contributed by atoms with Crippen LogP contribution in [0.1, 0.15) is 11.1 Å². The number of hydrogen-bond acceptors (Lipinski definition) is 4. The van der Waals surface area contributed by atoms with Crippen molar-refractivity contribution in [2.45, 2.75) is 6.54 Å². The van der Waals surface area contributed by atoms with Crippen LogP contribution in [-0.4, -0.2) is 12.0 Å². The van der Waals surface area contributed by atoms with Gasteiger partial charge in [-0.2, -0.15) is 5.26 Å². The Kier molecular flexibility index (Phi) is 4.35. The maximum atomic E-state index is 8.88. The van der Waals surface area contributed by atoms with Gasteiger partial charge in [-0.25, -0.2) is 4.98 Å². The van der Waals surface area contributed by atoms with Crippen molar-refractivity contribution in [2.75, 3.05) is 7.05 Å². The van der Waals surface area contributed by atoms with E-state index in [1.807, 2.05) is 37.4 Å². The molecule has 19 heavy (non-hydrogen) atoms. The van der Waals surface area contributed by atoms with Gasteiger partial charge in [0.1, 0.15) is 16.8 Å². The number of rotatable bonds is 4. The van der Waals surface area contributed by atoms with Gasteiger partial charge in [0.2, 0.25) is 5.88 Å². The standard InChI is InChI=1S/C14H12ClN3O/c1-17-9-10-2-4-12(5-3-10)19-14-13(15)11(8-16)6-7-18-14/h2-7,17H,9H2,1H3. The zero-order chi connectivity index (χ0) is 13.7. The van der Waals surface area contributed by atoms with E-state index in [1.165, 1.54) is 6.20 Å². The van der Waals surface area contributed by atoms with Crippen molar-refractivity contribution in [3.05, 3.63) is 52.7 Å². The first kappa shape index (κ1) is 13.3. The highest BCUT2D eigenvalue weighted by molar-refractivity contribution is 6.33. The fourth-order valence-corrected chi connectivity index (χ4v) is 1.77. The van der Waals surface area contributed by atoms with Crippen molar-refractivity contribution in [3.8, 4) is 17.7 Å². The van der Waals surface area contributed by atoms with Crippen LogP contribution < -0.4 is 10.1 Å². The molecule has 0 atom stereocenters. The lowest BCUT2D eigenvalue weighted by atomic mass is 10.2. The van der Waals surface area contributed by atoms with Crippen LogP contribution >= 0.6 is 11.6 Å². The second-order valence-electron chi connectivity index (χ2n) is 3.87. The van der Waals surface area contributed by atoms with Gasteiger partial charge >= 0.3 is 0 Å². The molecule has 0 aliphatic rings. The van der Waals surface area contributed by atoms with E-state index in [4.69, 9.17) is 21.6 Å². The summed E-state index contributed by atoms with van der Waals surface area (Å²) < 4.78 is 5.57. The normalized spacial score (nSPS) is 9.95. The molecule has 0 spiro atoms. The first-order chi connectivity index (χ1) is 9.24. The maximum absolute atomic E-state index is 8.88. The van der Waals surface area contributed by atoms with Gasteiger partial charge in [0, 0.05) is 12.7 Å². The van der Waals surface area contributed by atoms with Gasteiger partial charge in [-0.15, -0.1) is 0 Å². The predicted molar refractivity (Wildman–Crippen MR) is 73.2 cm³/mol. The molecule has 0 aliphatic heterocycles. The van der Waals surface area contributed by atoms with Crippen molar-refractivity contribution in [1.82, 2.24) is 10.3 Å². The summed E-state index contributed by atoms with van der Waals surface area (Å²) in [7, 11) is 1.89. The summed E-state index contributed by atoms with van der Waals surface area (Å²) in [6, 6.07) is 11.1. The number of pyridine rings is 1. The molecule has 4 nitrogen and oxygen atoms in total. The lowest BCUT2D eigenvalue weighted by molar-refractivity contribution is 0.463. The number of ether oxygens (including phenoxy) is 1. The van der Waals surface area contributed by atoms with Gasteiger partial charge in [0.15, 0.2) is 0 Å². The van der Waals surface area contributed by atoms with E-state index in [0.29, 0.717) is 11.3 Å². The average Bonchev–Trinajstić information content (AvgIpc) is 2.43. The average molecular weight is 274 g/mol. The Morgan fingerprint density at radius 1 is 1.32 bits per heavy atom. The van der Waals surface area contributed by atoms with Crippen molar-refractivity contribution in [1.29, 1.82) is 5.26 Å². The summed E-state index contributed by atoms with van der Waals surface area (Å²) in [4.78, 5) is 4.02. The molecule has 5 heteroatoms. The molecule has 0 unspecified atom stereocenters. The Bertz CT molecular complexity index is 605. The Balaban J connectivity index is 2.19. The second-order valence-corrected chi connectivity index (χ2v) is 4.24. The number of aromatic nitrogens is 1. The number of nitrogens with one attached hydrogen (secondary N) is 1. The smallest absolute Gasteiger partial charge is 0.239 e. The zero-order valence-electron chi connectivity index (χ0n) is 10.4. The minimum atomic E-state index is 0.226. The maximum Gasteiger partial charge on any atom is 0.239 e. The molecule has 2 aromatic rings. The second kappa shape index (κ2) is 6.19. The summed E-state index contributed by atoms with van der Waals surface area (Å²) in [6.07, 6.45) is 1.50. The molecule has 1 N–H and O–H groups in total. The van der Waals surface area contributed by atoms with Crippen molar-refractivity contribution in [3.63, 3.8) is 0 Å². The molecule has 0 radical (unpaired) electrons. The molecule has 1 aromatic heterocycles. The Hall–Kier alpha value is -2.09. The van der Waals surface area contributed by atoms with Crippen LogP contribution in [0, 0.1) is 11.3 Å². The SMILES string of the molecule is CNCc1ccc(Oc2nccc(C#N)c2Cl)cc1. The molecule has 1 heterocycles. The van der Waals surface area contributed by atoms with Gasteiger partial charge in [-0.3, -0.25) is 0 Å². The number of hydrogen-bond donors (Lipinski definition) is 1. The van der Waals surface area contributed by atoms with Crippen LogP contribution in [0.4, 0.5) is 0 Å². The molecular formula is C14H12ClN3O. The Labute approximate surface area is 116 Å². The molecule has 2 rings (SSSR count). The van der Waals surface area contributed by atoms with Crippen LogP contribution in [0.25, 0.3) is 0 Å². The Morgan fingerprint density at radius 3 is 2.68 bits per heavy atom. The quantitative estimate of drug-likeness (QED) is 0.930. The third-order valence-electron chi connectivity index (χ3n) is 2.50. The topological polar surface area (TPSA) is 57.9 Å². The van der Waals surface area contributed by atoms with Crippen LogP contribution in [0.2, 0.25) is 5.02 Å². The molecule has 96 valence electrons. The van der Waals surface area contributed by atoms with Crippen LogP contribution in [0.5, 0.6) is 11.6 Å². The predicted octanol–water partition coefficient (Wildman–Crippen LogP) is 3.12.